The van der Waals surface area contributed by atoms with Crippen LogP contribution in [-0.2, 0) is 16.0 Å². The SMILES string of the molecule is CC(C)NC(=O)CC(C=O)Cc1ccccc1. The molecule has 3 nitrogen and oxygen atoms in total. The molecule has 1 aromatic carbocycles. The maximum atomic E-state index is 11.5. The molecule has 1 unspecified atom stereocenters. The van der Waals surface area contributed by atoms with Crippen molar-refractivity contribution in [3.05, 3.63) is 35.9 Å². The highest BCUT2D eigenvalue weighted by Crippen LogP contribution is 2.10. The van der Waals surface area contributed by atoms with E-state index >= 15 is 0 Å². The topological polar surface area (TPSA) is 46.2 Å². The smallest absolute Gasteiger partial charge is 0.220 e. The molecule has 0 aliphatic carbocycles. The Morgan fingerprint density at radius 3 is 2.47 bits per heavy atom. The Bertz CT molecular complexity index is 360. The van der Waals surface area contributed by atoms with Gasteiger partial charge in [0.1, 0.15) is 6.29 Å². The largest absolute Gasteiger partial charge is 0.354 e. The van der Waals surface area contributed by atoms with Crippen molar-refractivity contribution in [3.63, 3.8) is 0 Å². The Balaban J connectivity index is 2.49. The molecule has 3 heteroatoms. The Morgan fingerprint density at radius 1 is 1.29 bits per heavy atom. The van der Waals surface area contributed by atoms with Crippen molar-refractivity contribution in [3.8, 4) is 0 Å². The van der Waals surface area contributed by atoms with Crippen LogP contribution in [0.25, 0.3) is 0 Å². The van der Waals surface area contributed by atoms with Crippen LogP contribution in [-0.4, -0.2) is 18.2 Å². The zero-order valence-electron chi connectivity index (χ0n) is 10.3. The second kappa shape index (κ2) is 6.84. The van der Waals surface area contributed by atoms with Crippen molar-refractivity contribution in [1.82, 2.24) is 5.32 Å². The lowest BCUT2D eigenvalue weighted by Gasteiger charge is -2.12. The summed E-state index contributed by atoms with van der Waals surface area (Å²) in [6.45, 7) is 3.82. The van der Waals surface area contributed by atoms with Gasteiger partial charge in [-0.3, -0.25) is 4.79 Å². The summed E-state index contributed by atoms with van der Waals surface area (Å²) in [6, 6.07) is 9.86. The first kappa shape index (κ1) is 13.4. The quantitative estimate of drug-likeness (QED) is 0.763. The fourth-order valence-corrected chi connectivity index (χ4v) is 1.70. The van der Waals surface area contributed by atoms with Gasteiger partial charge >= 0.3 is 0 Å². The van der Waals surface area contributed by atoms with Crippen LogP contribution in [0.4, 0.5) is 0 Å². The number of carbonyl (C=O) groups excluding carboxylic acids is 2. The molecule has 0 saturated carbocycles. The number of carbonyl (C=O) groups is 2. The van der Waals surface area contributed by atoms with Crippen LogP contribution < -0.4 is 5.32 Å². The number of hydrogen-bond donors (Lipinski definition) is 1. The molecular weight excluding hydrogens is 214 g/mol. The third kappa shape index (κ3) is 5.29. The molecule has 0 aromatic heterocycles. The summed E-state index contributed by atoms with van der Waals surface area (Å²) in [6.07, 6.45) is 1.75. The molecule has 17 heavy (non-hydrogen) atoms. The van der Waals surface area contributed by atoms with Crippen molar-refractivity contribution < 1.29 is 9.59 Å². The first-order valence-electron chi connectivity index (χ1n) is 5.90. The van der Waals surface area contributed by atoms with E-state index in [9.17, 15) is 9.59 Å². The fraction of sp³-hybridized carbons (Fsp3) is 0.429. The fourth-order valence-electron chi connectivity index (χ4n) is 1.70. The molecule has 1 rings (SSSR count). The third-order valence-corrected chi connectivity index (χ3v) is 2.43. The van der Waals surface area contributed by atoms with Gasteiger partial charge in [-0.25, -0.2) is 0 Å². The van der Waals surface area contributed by atoms with Crippen LogP contribution in [0.5, 0.6) is 0 Å². The highest BCUT2D eigenvalue weighted by molar-refractivity contribution is 5.79. The first-order chi connectivity index (χ1) is 8.11. The maximum absolute atomic E-state index is 11.5. The number of benzene rings is 1. The lowest BCUT2D eigenvalue weighted by atomic mass is 9.97. The van der Waals surface area contributed by atoms with E-state index in [0.29, 0.717) is 6.42 Å². The average Bonchev–Trinajstić information content (AvgIpc) is 2.28. The van der Waals surface area contributed by atoms with Crippen molar-refractivity contribution in [2.24, 2.45) is 5.92 Å². The van der Waals surface area contributed by atoms with E-state index in [1.807, 2.05) is 44.2 Å². The first-order valence-corrected chi connectivity index (χ1v) is 5.90. The number of aldehydes is 1. The van der Waals surface area contributed by atoms with Crippen LogP contribution >= 0.6 is 0 Å². The van der Waals surface area contributed by atoms with Gasteiger partial charge in [0.15, 0.2) is 0 Å². The number of nitrogens with one attached hydrogen (secondary N) is 1. The van der Waals surface area contributed by atoms with Gasteiger partial charge in [0, 0.05) is 18.4 Å². The molecule has 0 saturated heterocycles. The molecule has 1 atom stereocenters. The summed E-state index contributed by atoms with van der Waals surface area (Å²) in [7, 11) is 0. The van der Waals surface area contributed by atoms with E-state index in [0.717, 1.165) is 11.8 Å². The monoisotopic (exact) mass is 233 g/mol. The predicted octanol–water partition coefficient (Wildman–Crippen LogP) is 1.96. The molecule has 1 amide bonds. The molecule has 0 heterocycles. The van der Waals surface area contributed by atoms with Gasteiger partial charge in [-0.05, 0) is 25.8 Å². The van der Waals surface area contributed by atoms with Crippen LogP contribution in [0.15, 0.2) is 30.3 Å². The molecular formula is C14H19NO2. The standard InChI is InChI=1S/C14H19NO2/c1-11(2)15-14(17)9-13(10-16)8-12-6-4-3-5-7-12/h3-7,10-11,13H,8-9H2,1-2H3,(H,15,17). The second-order valence-electron chi connectivity index (χ2n) is 4.51. The van der Waals surface area contributed by atoms with Crippen molar-refractivity contribution in [1.29, 1.82) is 0 Å². The predicted molar refractivity (Wildman–Crippen MR) is 67.6 cm³/mol. The molecule has 92 valence electrons. The van der Waals surface area contributed by atoms with Gasteiger partial charge < -0.3 is 10.1 Å². The van der Waals surface area contributed by atoms with Crippen LogP contribution in [0, 0.1) is 5.92 Å². The van der Waals surface area contributed by atoms with Gasteiger partial charge in [-0.15, -0.1) is 0 Å². The molecule has 0 bridgehead atoms. The summed E-state index contributed by atoms with van der Waals surface area (Å²) >= 11 is 0. The summed E-state index contributed by atoms with van der Waals surface area (Å²) < 4.78 is 0. The second-order valence-corrected chi connectivity index (χ2v) is 4.51. The minimum atomic E-state index is -0.240. The highest BCUT2D eigenvalue weighted by Gasteiger charge is 2.14. The van der Waals surface area contributed by atoms with Crippen LogP contribution in [0.3, 0.4) is 0 Å². The Hall–Kier alpha value is -1.64. The van der Waals surface area contributed by atoms with Gasteiger partial charge in [0.05, 0.1) is 0 Å². The zero-order chi connectivity index (χ0) is 12.7. The minimum Gasteiger partial charge on any atom is -0.354 e. The van der Waals surface area contributed by atoms with Gasteiger partial charge in [-0.2, -0.15) is 0 Å². The minimum absolute atomic E-state index is 0.0620. The van der Waals surface area contributed by atoms with Crippen molar-refractivity contribution in [2.45, 2.75) is 32.7 Å². The highest BCUT2D eigenvalue weighted by atomic mass is 16.1. The molecule has 0 spiro atoms. The van der Waals surface area contributed by atoms with E-state index in [1.54, 1.807) is 0 Å². The lowest BCUT2D eigenvalue weighted by Crippen LogP contribution is -2.32. The van der Waals surface area contributed by atoms with E-state index in [-0.39, 0.29) is 24.3 Å². The number of hydrogen-bond acceptors (Lipinski definition) is 2. The van der Waals surface area contributed by atoms with E-state index in [1.165, 1.54) is 0 Å². The van der Waals surface area contributed by atoms with E-state index in [4.69, 9.17) is 0 Å². The Labute approximate surface area is 102 Å². The van der Waals surface area contributed by atoms with E-state index in [2.05, 4.69) is 5.32 Å². The molecule has 1 aromatic rings. The zero-order valence-corrected chi connectivity index (χ0v) is 10.3. The molecule has 0 fully saturated rings. The third-order valence-electron chi connectivity index (χ3n) is 2.43. The summed E-state index contributed by atoms with van der Waals surface area (Å²) in [5.41, 5.74) is 1.09. The molecule has 1 N–H and O–H groups in total. The maximum Gasteiger partial charge on any atom is 0.220 e. The van der Waals surface area contributed by atoms with Crippen LogP contribution in [0.2, 0.25) is 0 Å². The van der Waals surface area contributed by atoms with Gasteiger partial charge in [-0.1, -0.05) is 30.3 Å². The van der Waals surface area contributed by atoms with Crippen molar-refractivity contribution in [2.75, 3.05) is 0 Å². The Kier molecular flexibility index (Phi) is 5.40. The molecule has 0 aliphatic heterocycles. The van der Waals surface area contributed by atoms with Gasteiger partial charge in [0.25, 0.3) is 0 Å². The summed E-state index contributed by atoms with van der Waals surface area (Å²) in [5.74, 6) is -0.302. The normalized spacial score (nSPS) is 12.2. The van der Waals surface area contributed by atoms with E-state index < -0.39 is 0 Å². The molecule has 0 radical (unpaired) electrons. The Morgan fingerprint density at radius 2 is 1.94 bits per heavy atom. The number of rotatable bonds is 6. The van der Waals surface area contributed by atoms with Crippen LogP contribution in [0.1, 0.15) is 25.8 Å². The van der Waals surface area contributed by atoms with Crippen molar-refractivity contribution >= 4 is 12.2 Å². The summed E-state index contributed by atoms with van der Waals surface area (Å²) in [4.78, 5) is 22.5. The van der Waals surface area contributed by atoms with Gasteiger partial charge in [0.2, 0.25) is 5.91 Å². The summed E-state index contributed by atoms with van der Waals surface area (Å²) in [5, 5.41) is 2.80. The average molecular weight is 233 g/mol. The number of amides is 1. The lowest BCUT2D eigenvalue weighted by molar-refractivity contribution is -0.124. The molecule has 0 aliphatic rings.